The second kappa shape index (κ2) is 5.72. The largest absolute Gasteiger partial charge is 0.340 e. The van der Waals surface area contributed by atoms with Crippen molar-refractivity contribution >= 4 is 11.8 Å². The van der Waals surface area contributed by atoms with Gasteiger partial charge in [0.15, 0.2) is 0 Å². The van der Waals surface area contributed by atoms with Crippen LogP contribution in [0.25, 0.3) is 0 Å². The predicted octanol–water partition coefficient (Wildman–Crippen LogP) is 1.84. The Kier molecular flexibility index (Phi) is 4.25. The van der Waals surface area contributed by atoms with Gasteiger partial charge in [-0.3, -0.25) is 9.59 Å². The average molecular weight is 252 g/mol. The fourth-order valence-electron chi connectivity index (χ4n) is 3.14. The van der Waals surface area contributed by atoms with Crippen LogP contribution in [0.2, 0.25) is 0 Å². The van der Waals surface area contributed by atoms with Crippen molar-refractivity contribution in [1.29, 1.82) is 0 Å². The molecule has 2 aliphatic rings. The number of hydrogen-bond donors (Lipinski definition) is 1. The van der Waals surface area contributed by atoms with Crippen LogP contribution in [0.4, 0.5) is 0 Å². The van der Waals surface area contributed by atoms with Gasteiger partial charge in [-0.25, -0.2) is 0 Å². The maximum atomic E-state index is 12.6. The molecule has 1 aliphatic heterocycles. The average Bonchev–Trinajstić information content (AvgIpc) is 2.36. The van der Waals surface area contributed by atoms with E-state index in [1.807, 2.05) is 0 Å². The molecule has 1 saturated carbocycles. The van der Waals surface area contributed by atoms with Crippen LogP contribution in [-0.2, 0) is 9.59 Å². The van der Waals surface area contributed by atoms with Gasteiger partial charge in [0.1, 0.15) is 5.54 Å². The van der Waals surface area contributed by atoms with Crippen LogP contribution in [0.3, 0.4) is 0 Å². The third kappa shape index (κ3) is 2.68. The molecule has 1 aliphatic carbocycles. The molecule has 1 heterocycles. The maximum absolute atomic E-state index is 12.6. The predicted molar refractivity (Wildman–Crippen MR) is 70.1 cm³/mol. The van der Waals surface area contributed by atoms with Gasteiger partial charge in [0.2, 0.25) is 11.8 Å². The number of hydrogen-bond acceptors (Lipinski definition) is 2. The van der Waals surface area contributed by atoms with E-state index in [1.165, 1.54) is 6.42 Å². The molecule has 2 rings (SSSR count). The number of unbranched alkanes of at least 4 members (excludes halogenated alkanes) is 2. The first kappa shape index (κ1) is 13.4. The van der Waals surface area contributed by atoms with E-state index in [2.05, 4.69) is 12.2 Å². The molecule has 0 aromatic rings. The lowest BCUT2D eigenvalue weighted by atomic mass is 9.79. The van der Waals surface area contributed by atoms with E-state index in [0.717, 1.165) is 51.5 Å². The minimum absolute atomic E-state index is 0.0213. The number of carbonyl (C=O) groups excluding carboxylic acids is 2. The lowest BCUT2D eigenvalue weighted by Crippen LogP contribution is -2.67. The highest BCUT2D eigenvalue weighted by Gasteiger charge is 2.46. The molecule has 4 nitrogen and oxygen atoms in total. The molecule has 18 heavy (non-hydrogen) atoms. The van der Waals surface area contributed by atoms with E-state index in [9.17, 15) is 9.59 Å². The molecular weight excluding hydrogens is 228 g/mol. The van der Waals surface area contributed by atoms with Gasteiger partial charge in [-0.1, -0.05) is 39.0 Å². The first-order chi connectivity index (χ1) is 8.68. The van der Waals surface area contributed by atoms with E-state index < -0.39 is 5.54 Å². The molecule has 4 heteroatoms. The molecule has 1 N–H and O–H groups in total. The molecule has 0 radical (unpaired) electrons. The van der Waals surface area contributed by atoms with Gasteiger partial charge in [0, 0.05) is 6.54 Å². The summed E-state index contributed by atoms with van der Waals surface area (Å²) < 4.78 is 0. The molecule has 0 unspecified atom stereocenters. The Balaban J connectivity index is 2.03. The number of rotatable bonds is 4. The normalized spacial score (nSPS) is 23.3. The highest BCUT2D eigenvalue weighted by Crippen LogP contribution is 2.31. The molecule has 0 aromatic carbocycles. The second-order valence-corrected chi connectivity index (χ2v) is 5.62. The van der Waals surface area contributed by atoms with Gasteiger partial charge in [-0.15, -0.1) is 0 Å². The Hall–Kier alpha value is -1.06. The second-order valence-electron chi connectivity index (χ2n) is 5.62. The lowest BCUT2D eigenvalue weighted by molar-refractivity contribution is -0.151. The van der Waals surface area contributed by atoms with Crippen molar-refractivity contribution in [2.24, 2.45) is 0 Å². The Morgan fingerprint density at radius 3 is 2.56 bits per heavy atom. The van der Waals surface area contributed by atoms with Gasteiger partial charge in [-0.05, 0) is 19.3 Å². The first-order valence-electron chi connectivity index (χ1n) is 7.28. The highest BCUT2D eigenvalue weighted by atomic mass is 16.2. The molecule has 0 atom stereocenters. The molecule has 102 valence electrons. The van der Waals surface area contributed by atoms with E-state index in [0.29, 0.717) is 0 Å². The van der Waals surface area contributed by atoms with Crippen molar-refractivity contribution in [1.82, 2.24) is 10.2 Å². The van der Waals surface area contributed by atoms with Crippen molar-refractivity contribution in [3.63, 3.8) is 0 Å². The summed E-state index contributed by atoms with van der Waals surface area (Å²) >= 11 is 0. The van der Waals surface area contributed by atoms with E-state index >= 15 is 0 Å². The van der Waals surface area contributed by atoms with Crippen molar-refractivity contribution in [2.45, 2.75) is 63.8 Å². The Morgan fingerprint density at radius 1 is 1.17 bits per heavy atom. The van der Waals surface area contributed by atoms with Gasteiger partial charge < -0.3 is 10.2 Å². The Morgan fingerprint density at radius 2 is 1.89 bits per heavy atom. The number of nitrogens with zero attached hydrogens (tertiary/aromatic N) is 1. The van der Waals surface area contributed by atoms with Crippen LogP contribution < -0.4 is 5.32 Å². The van der Waals surface area contributed by atoms with E-state index in [1.54, 1.807) is 4.90 Å². The lowest BCUT2D eigenvalue weighted by Gasteiger charge is -2.44. The fraction of sp³-hybridized carbons (Fsp3) is 0.857. The van der Waals surface area contributed by atoms with Crippen molar-refractivity contribution in [2.75, 3.05) is 13.1 Å². The zero-order chi connectivity index (χ0) is 13.0. The number of amides is 2. The van der Waals surface area contributed by atoms with Gasteiger partial charge in [-0.2, -0.15) is 0 Å². The zero-order valence-electron chi connectivity index (χ0n) is 11.3. The maximum Gasteiger partial charge on any atom is 0.248 e. The zero-order valence-corrected chi connectivity index (χ0v) is 11.3. The number of nitrogens with one attached hydrogen (secondary N) is 1. The monoisotopic (exact) mass is 252 g/mol. The van der Waals surface area contributed by atoms with Crippen molar-refractivity contribution in [3.8, 4) is 0 Å². The van der Waals surface area contributed by atoms with Crippen molar-refractivity contribution in [3.05, 3.63) is 0 Å². The summed E-state index contributed by atoms with van der Waals surface area (Å²) in [4.78, 5) is 26.2. The highest BCUT2D eigenvalue weighted by molar-refractivity contribution is 5.98. The van der Waals surface area contributed by atoms with Crippen LogP contribution in [0.1, 0.15) is 58.3 Å². The Labute approximate surface area is 109 Å². The summed E-state index contributed by atoms with van der Waals surface area (Å²) in [5, 5.41) is 2.97. The SMILES string of the molecule is CCCCCN1CC(=O)NC2(CCCCC2)C1=O. The van der Waals surface area contributed by atoms with E-state index in [-0.39, 0.29) is 18.4 Å². The van der Waals surface area contributed by atoms with Gasteiger partial charge >= 0.3 is 0 Å². The van der Waals surface area contributed by atoms with Crippen LogP contribution >= 0.6 is 0 Å². The molecule has 0 bridgehead atoms. The van der Waals surface area contributed by atoms with Crippen LogP contribution in [0, 0.1) is 0 Å². The summed E-state index contributed by atoms with van der Waals surface area (Å²) in [5.41, 5.74) is -0.556. The summed E-state index contributed by atoms with van der Waals surface area (Å²) in [7, 11) is 0. The third-order valence-corrected chi connectivity index (χ3v) is 4.15. The van der Waals surface area contributed by atoms with Gasteiger partial charge in [0.25, 0.3) is 0 Å². The molecular formula is C14H24N2O2. The molecule has 2 fully saturated rings. The minimum Gasteiger partial charge on any atom is -0.340 e. The van der Waals surface area contributed by atoms with Crippen LogP contribution in [0.15, 0.2) is 0 Å². The quantitative estimate of drug-likeness (QED) is 0.776. The molecule has 1 saturated heterocycles. The minimum atomic E-state index is -0.556. The standard InChI is InChI=1S/C14H24N2O2/c1-2-3-7-10-16-11-12(17)15-14(13(16)18)8-5-4-6-9-14/h2-11H2,1H3,(H,15,17). The molecule has 2 amide bonds. The van der Waals surface area contributed by atoms with E-state index in [4.69, 9.17) is 0 Å². The fourth-order valence-corrected chi connectivity index (χ4v) is 3.14. The number of carbonyl (C=O) groups is 2. The summed E-state index contributed by atoms with van der Waals surface area (Å²) in [6.07, 6.45) is 8.19. The topological polar surface area (TPSA) is 49.4 Å². The third-order valence-electron chi connectivity index (χ3n) is 4.15. The van der Waals surface area contributed by atoms with Crippen LogP contribution in [-0.4, -0.2) is 35.3 Å². The van der Waals surface area contributed by atoms with Crippen LogP contribution in [0.5, 0.6) is 0 Å². The first-order valence-corrected chi connectivity index (χ1v) is 7.28. The number of piperazine rings is 1. The summed E-state index contributed by atoms with van der Waals surface area (Å²) in [6.45, 7) is 3.14. The summed E-state index contributed by atoms with van der Waals surface area (Å²) in [5.74, 6) is 0.186. The summed E-state index contributed by atoms with van der Waals surface area (Å²) in [6, 6.07) is 0. The molecule has 1 spiro atoms. The Bertz CT molecular complexity index is 322. The molecule has 0 aromatic heterocycles. The van der Waals surface area contributed by atoms with Gasteiger partial charge in [0.05, 0.1) is 6.54 Å². The van der Waals surface area contributed by atoms with Crippen molar-refractivity contribution < 1.29 is 9.59 Å². The smallest absolute Gasteiger partial charge is 0.248 e.